The third-order valence-corrected chi connectivity index (χ3v) is 18.5. The molecule has 0 aromatic rings. The van der Waals surface area contributed by atoms with Gasteiger partial charge in [0.25, 0.3) is 17.7 Å². The summed E-state index contributed by atoms with van der Waals surface area (Å²) in [6.45, 7) is 8.44. The minimum Gasteiger partial charge on any atom is -0.387 e. The molecule has 0 spiro atoms. The van der Waals surface area contributed by atoms with Crippen LogP contribution in [0.15, 0.2) is 70.9 Å². The van der Waals surface area contributed by atoms with Crippen LogP contribution in [0.4, 0.5) is 0 Å². The van der Waals surface area contributed by atoms with Gasteiger partial charge in [-0.15, -0.1) is 0 Å². The van der Waals surface area contributed by atoms with Crippen molar-refractivity contribution in [3.05, 3.63) is 70.9 Å². The summed E-state index contributed by atoms with van der Waals surface area (Å²) in [6.07, 6.45) is 13.6. The van der Waals surface area contributed by atoms with Crippen LogP contribution in [-0.2, 0) is 81.1 Å². The molecule has 100 heavy (non-hydrogen) atoms. The number of fused-ring (bicyclic) bond motifs is 6. The summed E-state index contributed by atoms with van der Waals surface area (Å²) in [7, 11) is 3.18. The van der Waals surface area contributed by atoms with Crippen LogP contribution in [0.25, 0.3) is 0 Å². The minimum atomic E-state index is -1.49. The number of Topliss-reactive ketones (excluding diaryl/α,β-unsaturated/α-hetero) is 2. The van der Waals surface area contributed by atoms with Crippen LogP contribution in [0.2, 0.25) is 0 Å². The van der Waals surface area contributed by atoms with E-state index in [1.807, 2.05) is 14.7 Å². The maximum Gasteiger partial charge on any atom is 0.259 e. The zero-order valence-corrected chi connectivity index (χ0v) is 58.1. The Kier molecular flexibility index (Phi) is 35.1. The molecule has 4 aliphatic carbocycles. The summed E-state index contributed by atoms with van der Waals surface area (Å²) >= 11 is 0. The summed E-state index contributed by atoms with van der Waals surface area (Å²) in [5, 5.41) is 38.8. The van der Waals surface area contributed by atoms with Gasteiger partial charge in [0.2, 0.25) is 29.5 Å². The van der Waals surface area contributed by atoms with Gasteiger partial charge in [-0.1, -0.05) is 49.0 Å². The number of epoxide rings is 1. The van der Waals surface area contributed by atoms with Crippen molar-refractivity contribution in [2.24, 2.45) is 23.5 Å². The van der Waals surface area contributed by atoms with E-state index in [1.165, 1.54) is 12.2 Å². The largest absolute Gasteiger partial charge is 0.387 e. The second-order valence-electron chi connectivity index (χ2n) is 25.5. The molecular weight excluding hydrogens is 1300 g/mol. The number of ether oxygens (including phenoxy) is 7. The number of methoxy groups -OCH3 is 2. The highest BCUT2D eigenvalue weighted by atomic mass is 16.6. The van der Waals surface area contributed by atoms with Crippen molar-refractivity contribution in [3.8, 4) is 0 Å². The minimum absolute atomic E-state index is 0.00897. The van der Waals surface area contributed by atoms with Gasteiger partial charge in [-0.25, -0.2) is 0 Å². The Balaban J connectivity index is 1.04. The molecule has 0 saturated carbocycles. The molecule has 31 heteroatoms. The summed E-state index contributed by atoms with van der Waals surface area (Å²) < 4.78 is 38.6. The fourth-order valence-corrected chi connectivity index (χ4v) is 12.7. The number of amides is 8. The number of unbranched alkanes of at least 4 members (excludes halogenated alkanes) is 1. The van der Waals surface area contributed by atoms with Crippen molar-refractivity contribution in [2.75, 3.05) is 198 Å². The Bertz CT molecular complexity index is 2940. The summed E-state index contributed by atoms with van der Waals surface area (Å²) in [6, 6.07) is -0.968. The number of aliphatic hydroxyl groups excluding tert-OH is 1. The average Bonchev–Trinajstić information content (AvgIpc) is 1.56. The van der Waals surface area contributed by atoms with Gasteiger partial charge in [-0.3, -0.25) is 62.6 Å². The predicted molar refractivity (Wildman–Crippen MR) is 366 cm³/mol. The number of aliphatic hydroxyl groups is 1. The molecule has 7 aliphatic rings. The third kappa shape index (κ3) is 25.5. The van der Waals surface area contributed by atoms with Gasteiger partial charge in [0.05, 0.1) is 89.2 Å². The highest BCUT2D eigenvalue weighted by Crippen LogP contribution is 2.45. The van der Waals surface area contributed by atoms with Crippen molar-refractivity contribution in [1.82, 2.24) is 62.6 Å². The zero-order valence-electron chi connectivity index (χ0n) is 58.1. The molecule has 31 nitrogen and oxygen atoms in total. The Morgan fingerprint density at radius 3 is 1.60 bits per heavy atom. The molecule has 8 amide bonds. The second-order valence-corrected chi connectivity index (χ2v) is 25.5. The lowest BCUT2D eigenvalue weighted by Crippen LogP contribution is -2.48. The van der Waals surface area contributed by atoms with Crippen LogP contribution < -0.4 is 53.6 Å². The van der Waals surface area contributed by atoms with Gasteiger partial charge in [0.15, 0.2) is 17.2 Å². The van der Waals surface area contributed by atoms with Gasteiger partial charge < -0.3 is 91.8 Å². The van der Waals surface area contributed by atoms with Gasteiger partial charge in [-0.05, 0) is 64.0 Å². The number of nitrogens with two attached hydrogens (primary N) is 1. The maximum absolute atomic E-state index is 14.4. The number of ketones is 2. The van der Waals surface area contributed by atoms with Crippen molar-refractivity contribution < 1.29 is 86.2 Å². The molecule has 0 radical (unpaired) electrons. The number of allylic oxidation sites excluding steroid dienone is 6. The van der Waals surface area contributed by atoms with Crippen LogP contribution in [0, 0.1) is 17.8 Å². The lowest BCUT2D eigenvalue weighted by molar-refractivity contribution is -0.135. The molecule has 3 saturated heterocycles. The number of rotatable bonds is 26. The third-order valence-electron chi connectivity index (χ3n) is 18.5. The van der Waals surface area contributed by atoms with Gasteiger partial charge >= 0.3 is 0 Å². The topological polar surface area (TPSA) is 403 Å². The SMILES string of the molecule is COCCOCCOCCN1CCNC(=O)C2CCC=C(C(=O)NCCC(NCCN3CCNC(=O)C4=CCCC(C(=O)NCCN(CCOCCOCCOC)CCNC(=O)C56C=CC=C(C(=O)NCC3)C5O6)C4=O)CC(CCCCN)NC(=O)C3=CC=CC(C(=O)NCC1)C3O)C2=O. The average molecular weight is 1410 g/mol. The Hall–Kier alpha value is -6.98. The maximum atomic E-state index is 14.4. The van der Waals surface area contributed by atoms with E-state index in [-0.39, 0.29) is 107 Å². The summed E-state index contributed by atoms with van der Waals surface area (Å²) in [5.74, 6) is -8.68. The molecule has 8 atom stereocenters. The highest BCUT2D eigenvalue weighted by molar-refractivity contribution is 6.25. The molecule has 556 valence electrons. The van der Waals surface area contributed by atoms with Gasteiger partial charge in [0.1, 0.15) is 17.9 Å². The first-order valence-electron chi connectivity index (χ1n) is 35.4. The molecule has 3 heterocycles. The molecule has 3 fully saturated rings. The second kappa shape index (κ2) is 43.7. The quantitative estimate of drug-likeness (QED) is 0.0172. The normalized spacial score (nSPS) is 26.8. The van der Waals surface area contributed by atoms with Crippen LogP contribution in [0.3, 0.4) is 0 Å². The number of hydrogen-bond acceptors (Lipinski definition) is 23. The van der Waals surface area contributed by atoms with Crippen LogP contribution >= 0.6 is 0 Å². The number of carbonyl (C=O) groups is 10. The zero-order chi connectivity index (χ0) is 71.5. The number of hydrogen-bond donors (Lipinski definition) is 11. The van der Waals surface area contributed by atoms with E-state index in [4.69, 9.17) is 38.9 Å². The van der Waals surface area contributed by atoms with Crippen LogP contribution in [-0.4, -0.2) is 307 Å². The lowest BCUT2D eigenvalue weighted by Gasteiger charge is -2.30. The van der Waals surface area contributed by atoms with Crippen LogP contribution in [0.5, 0.6) is 0 Å². The molecule has 8 unspecified atom stereocenters. The smallest absolute Gasteiger partial charge is 0.259 e. The molecule has 3 aliphatic heterocycles. The van der Waals surface area contributed by atoms with E-state index in [2.05, 4.69) is 47.9 Å². The van der Waals surface area contributed by atoms with Crippen molar-refractivity contribution >= 4 is 58.8 Å². The van der Waals surface area contributed by atoms with Crippen LogP contribution in [0.1, 0.15) is 57.8 Å². The number of carbonyl (C=O) groups excluding carboxylic acids is 10. The lowest BCUT2D eigenvalue weighted by atomic mass is 9.86. The van der Waals surface area contributed by atoms with Gasteiger partial charge in [-0.2, -0.15) is 0 Å². The Labute approximate surface area is 585 Å². The molecule has 12 N–H and O–H groups in total. The Morgan fingerprint density at radius 1 is 0.550 bits per heavy atom. The van der Waals surface area contributed by atoms with E-state index in [1.54, 1.807) is 50.7 Å². The summed E-state index contributed by atoms with van der Waals surface area (Å²) in [4.78, 5) is 145. The summed E-state index contributed by atoms with van der Waals surface area (Å²) in [5.41, 5.74) is 4.60. The van der Waals surface area contributed by atoms with E-state index in [0.717, 1.165) is 0 Å². The first-order valence-corrected chi connectivity index (χ1v) is 35.4. The molecule has 0 aromatic carbocycles. The molecular formula is C69H107N13O18. The van der Waals surface area contributed by atoms with Crippen molar-refractivity contribution in [3.63, 3.8) is 0 Å². The predicted octanol–water partition coefficient (Wildman–Crippen LogP) is -3.64. The fraction of sp³-hybridized carbons (Fsp3) is 0.681. The molecule has 0 aromatic heterocycles. The molecule has 7 rings (SSSR count). The fourth-order valence-electron chi connectivity index (χ4n) is 12.7. The van der Waals surface area contributed by atoms with E-state index in [0.29, 0.717) is 157 Å². The molecule has 8 bridgehead atoms. The standard InChI is InChI=1S/C69H107N13O18/c1-94-39-41-98-45-43-96-37-35-81-31-24-74-63(88)51-11-5-10-50(57(51)83)61(86)72-20-17-48(47-49(9-3-4-19-70)79-67(92)55-15-7-14-54(59(55)85)65(90)76-25-32-81)71-21-28-80-29-22-73-62(87)52-12-6-13-53(58(52)84)64(89)75-26-33-82(36-38-97-44-46-99-42-40-95-2)34-27-78-68(93)69-18-8-16-56(60(69)100-69)66(91)77-23-30-80/h7-8,10,12,14-16,18,48-49,51,53-54,59-60,71,85H,3-6,9,11,13,17,19-47,70H2,1-2H3,(H,72,86)(H,73,87)(H,74,88)(H,75,89)(H,76,90)(H,77,91)(H,78,93)(H,79,92). The first-order chi connectivity index (χ1) is 48.6. The number of nitrogens with one attached hydrogen (secondary N) is 9. The highest BCUT2D eigenvalue weighted by Gasteiger charge is 2.64. The Morgan fingerprint density at radius 2 is 1.04 bits per heavy atom. The van der Waals surface area contributed by atoms with E-state index >= 15 is 0 Å². The first kappa shape index (κ1) is 80.3. The van der Waals surface area contributed by atoms with E-state index < -0.39 is 106 Å². The van der Waals surface area contributed by atoms with Gasteiger partial charge in [0, 0.05) is 149 Å². The monoisotopic (exact) mass is 1410 g/mol. The number of nitrogens with zero attached hydrogens (tertiary/aromatic N) is 3. The van der Waals surface area contributed by atoms with Crippen molar-refractivity contribution in [2.45, 2.75) is 87.7 Å². The van der Waals surface area contributed by atoms with Crippen molar-refractivity contribution in [1.29, 1.82) is 0 Å². The van der Waals surface area contributed by atoms with E-state index in [9.17, 15) is 53.1 Å².